The SMILES string of the molecule is CCc1cnc(NC(=O)N2CCn3c(cnc3C(F)(F)F)C2)s1. The van der Waals surface area contributed by atoms with Gasteiger partial charge in [-0.1, -0.05) is 6.92 Å². The third-order valence-corrected chi connectivity index (χ3v) is 4.60. The van der Waals surface area contributed by atoms with E-state index in [0.717, 1.165) is 15.9 Å². The summed E-state index contributed by atoms with van der Waals surface area (Å²) in [5.41, 5.74) is 0.368. The zero-order valence-corrected chi connectivity index (χ0v) is 13.0. The maximum Gasteiger partial charge on any atom is 0.449 e. The summed E-state index contributed by atoms with van der Waals surface area (Å²) in [6.45, 7) is 2.32. The number of imidazole rings is 1. The summed E-state index contributed by atoms with van der Waals surface area (Å²) in [5.74, 6) is -0.917. The second-order valence-corrected chi connectivity index (χ2v) is 6.17. The standard InChI is InChI=1S/C13H14F3N5OS/c1-2-9-6-18-11(23-9)19-12(22)20-3-4-21-8(7-20)5-17-10(21)13(14,15)16/h5-6H,2-4,7H2,1H3,(H,18,19,22). The van der Waals surface area contributed by atoms with Gasteiger partial charge in [0, 0.05) is 24.2 Å². The Morgan fingerprint density at radius 2 is 2.13 bits per heavy atom. The van der Waals surface area contributed by atoms with Gasteiger partial charge in [0.1, 0.15) is 0 Å². The lowest BCUT2D eigenvalue weighted by molar-refractivity contribution is -0.147. The Bertz CT molecular complexity index is 724. The highest BCUT2D eigenvalue weighted by atomic mass is 32.1. The van der Waals surface area contributed by atoms with Crippen LogP contribution in [0.5, 0.6) is 0 Å². The molecule has 124 valence electrons. The van der Waals surface area contributed by atoms with Crippen LogP contribution < -0.4 is 5.32 Å². The minimum absolute atomic E-state index is 0.0652. The number of amides is 2. The summed E-state index contributed by atoms with van der Waals surface area (Å²) in [4.78, 5) is 22.2. The van der Waals surface area contributed by atoms with Gasteiger partial charge in [0.25, 0.3) is 0 Å². The average molecular weight is 345 g/mol. The number of hydrogen-bond donors (Lipinski definition) is 1. The van der Waals surface area contributed by atoms with Crippen molar-refractivity contribution < 1.29 is 18.0 Å². The molecule has 0 unspecified atom stereocenters. The highest BCUT2D eigenvalue weighted by molar-refractivity contribution is 7.15. The molecule has 3 heterocycles. The molecule has 2 aromatic rings. The van der Waals surface area contributed by atoms with Gasteiger partial charge in [0.2, 0.25) is 5.82 Å². The van der Waals surface area contributed by atoms with E-state index in [1.165, 1.54) is 22.4 Å². The van der Waals surface area contributed by atoms with E-state index in [0.29, 0.717) is 10.8 Å². The Morgan fingerprint density at radius 3 is 2.78 bits per heavy atom. The summed E-state index contributed by atoms with van der Waals surface area (Å²) in [6.07, 6.45) is -0.793. The number of nitrogens with zero attached hydrogens (tertiary/aromatic N) is 4. The summed E-state index contributed by atoms with van der Waals surface area (Å²) in [5, 5.41) is 3.16. The van der Waals surface area contributed by atoms with Crippen LogP contribution in [0.1, 0.15) is 23.3 Å². The number of carbonyl (C=O) groups is 1. The van der Waals surface area contributed by atoms with Gasteiger partial charge in [-0.05, 0) is 6.42 Å². The van der Waals surface area contributed by atoms with Gasteiger partial charge in [-0.15, -0.1) is 11.3 Å². The van der Waals surface area contributed by atoms with Crippen molar-refractivity contribution in [2.45, 2.75) is 32.6 Å². The number of carbonyl (C=O) groups excluding carboxylic acids is 1. The van der Waals surface area contributed by atoms with Crippen molar-refractivity contribution in [2.75, 3.05) is 11.9 Å². The number of alkyl halides is 3. The van der Waals surface area contributed by atoms with Crippen molar-refractivity contribution in [1.82, 2.24) is 19.4 Å². The van der Waals surface area contributed by atoms with Crippen LogP contribution in [0.2, 0.25) is 0 Å². The molecular formula is C13H14F3N5OS. The first-order valence-electron chi connectivity index (χ1n) is 7.00. The number of anilines is 1. The van der Waals surface area contributed by atoms with E-state index < -0.39 is 12.0 Å². The average Bonchev–Trinajstić information content (AvgIpc) is 3.11. The maximum absolute atomic E-state index is 12.8. The van der Waals surface area contributed by atoms with Gasteiger partial charge >= 0.3 is 12.2 Å². The summed E-state index contributed by atoms with van der Waals surface area (Å²) < 4.78 is 39.5. The Balaban J connectivity index is 1.69. The van der Waals surface area contributed by atoms with Crippen LogP contribution in [-0.4, -0.2) is 32.0 Å². The number of thiazole rings is 1. The largest absolute Gasteiger partial charge is 0.449 e. The number of nitrogens with one attached hydrogen (secondary N) is 1. The first-order valence-corrected chi connectivity index (χ1v) is 7.82. The zero-order valence-electron chi connectivity index (χ0n) is 12.2. The van der Waals surface area contributed by atoms with E-state index in [-0.39, 0.29) is 25.7 Å². The van der Waals surface area contributed by atoms with Crippen molar-refractivity contribution in [1.29, 1.82) is 0 Å². The van der Waals surface area contributed by atoms with Crippen LogP contribution in [0.25, 0.3) is 0 Å². The van der Waals surface area contributed by atoms with Crippen LogP contribution in [0.3, 0.4) is 0 Å². The fourth-order valence-corrected chi connectivity index (χ4v) is 3.12. The highest BCUT2D eigenvalue weighted by Crippen LogP contribution is 2.30. The predicted octanol–water partition coefficient (Wildman–Crippen LogP) is 2.97. The van der Waals surface area contributed by atoms with Crippen LogP contribution in [0, 0.1) is 0 Å². The molecule has 0 bridgehead atoms. The molecule has 23 heavy (non-hydrogen) atoms. The number of fused-ring (bicyclic) bond motifs is 1. The molecule has 6 nitrogen and oxygen atoms in total. The minimum atomic E-state index is -4.49. The molecule has 2 aromatic heterocycles. The van der Waals surface area contributed by atoms with E-state index in [1.807, 2.05) is 6.92 Å². The van der Waals surface area contributed by atoms with Gasteiger partial charge in [0.15, 0.2) is 5.13 Å². The molecule has 0 aromatic carbocycles. The third-order valence-electron chi connectivity index (χ3n) is 3.54. The molecule has 0 saturated heterocycles. The number of rotatable bonds is 2. The molecule has 3 rings (SSSR count). The lowest BCUT2D eigenvalue weighted by Crippen LogP contribution is -2.41. The lowest BCUT2D eigenvalue weighted by atomic mass is 10.3. The van der Waals surface area contributed by atoms with Gasteiger partial charge < -0.3 is 9.47 Å². The Morgan fingerprint density at radius 1 is 1.35 bits per heavy atom. The molecule has 0 atom stereocenters. The first kappa shape index (κ1) is 15.8. The van der Waals surface area contributed by atoms with E-state index in [2.05, 4.69) is 15.3 Å². The number of urea groups is 1. The Labute approximate surface area is 134 Å². The van der Waals surface area contributed by atoms with Crippen LogP contribution in [0.15, 0.2) is 12.4 Å². The van der Waals surface area contributed by atoms with Crippen LogP contribution in [0.4, 0.5) is 23.1 Å². The predicted molar refractivity (Wildman–Crippen MR) is 78.1 cm³/mol. The minimum Gasteiger partial charge on any atom is -0.321 e. The third kappa shape index (κ3) is 3.16. The molecule has 2 amide bonds. The Hall–Kier alpha value is -2.10. The number of halogens is 3. The molecule has 1 N–H and O–H groups in total. The van der Waals surface area contributed by atoms with E-state index >= 15 is 0 Å². The molecule has 10 heteroatoms. The summed E-state index contributed by atoms with van der Waals surface area (Å²) in [7, 11) is 0. The second kappa shape index (κ2) is 5.84. The van der Waals surface area contributed by atoms with Crippen molar-refractivity contribution in [3.05, 3.63) is 28.8 Å². The highest BCUT2D eigenvalue weighted by Gasteiger charge is 2.38. The maximum atomic E-state index is 12.8. The molecular weight excluding hydrogens is 331 g/mol. The summed E-state index contributed by atoms with van der Waals surface area (Å²) in [6, 6.07) is -0.372. The van der Waals surface area contributed by atoms with E-state index in [9.17, 15) is 18.0 Å². The number of aryl methyl sites for hydroxylation is 1. The second-order valence-electron chi connectivity index (χ2n) is 5.06. The number of aromatic nitrogens is 3. The smallest absolute Gasteiger partial charge is 0.321 e. The van der Waals surface area contributed by atoms with Crippen molar-refractivity contribution in [2.24, 2.45) is 0 Å². The van der Waals surface area contributed by atoms with Crippen LogP contribution >= 0.6 is 11.3 Å². The molecule has 0 aliphatic carbocycles. The van der Waals surface area contributed by atoms with Crippen molar-refractivity contribution in [3.63, 3.8) is 0 Å². The zero-order chi connectivity index (χ0) is 16.6. The monoisotopic (exact) mass is 345 g/mol. The Kier molecular flexibility index (Phi) is 4.00. The van der Waals surface area contributed by atoms with E-state index in [4.69, 9.17) is 0 Å². The molecule has 0 saturated carbocycles. The summed E-state index contributed by atoms with van der Waals surface area (Å²) >= 11 is 1.38. The fourth-order valence-electron chi connectivity index (χ4n) is 2.38. The van der Waals surface area contributed by atoms with Crippen LogP contribution in [-0.2, 0) is 25.7 Å². The van der Waals surface area contributed by atoms with Crippen molar-refractivity contribution in [3.8, 4) is 0 Å². The molecule has 0 fully saturated rings. The molecule has 0 spiro atoms. The molecule has 1 aliphatic heterocycles. The van der Waals surface area contributed by atoms with Gasteiger partial charge in [0.05, 0.1) is 18.4 Å². The van der Waals surface area contributed by atoms with Gasteiger partial charge in [-0.3, -0.25) is 5.32 Å². The van der Waals surface area contributed by atoms with E-state index in [1.54, 1.807) is 6.20 Å². The lowest BCUT2D eigenvalue weighted by Gasteiger charge is -2.28. The molecule has 1 aliphatic rings. The first-order chi connectivity index (χ1) is 10.9. The van der Waals surface area contributed by atoms with Crippen molar-refractivity contribution >= 4 is 22.5 Å². The molecule has 0 radical (unpaired) electrons. The fraction of sp³-hybridized carbons (Fsp3) is 0.462. The van der Waals surface area contributed by atoms with Gasteiger partial charge in [-0.2, -0.15) is 13.2 Å². The topological polar surface area (TPSA) is 63.1 Å². The normalized spacial score (nSPS) is 14.7. The number of hydrogen-bond acceptors (Lipinski definition) is 4. The quantitative estimate of drug-likeness (QED) is 0.910. The van der Waals surface area contributed by atoms with Gasteiger partial charge in [-0.25, -0.2) is 14.8 Å².